The van der Waals surface area contributed by atoms with Crippen LogP contribution < -0.4 is 0 Å². The van der Waals surface area contributed by atoms with Gasteiger partial charge in [-0.2, -0.15) is 0 Å². The van der Waals surface area contributed by atoms with Crippen molar-refractivity contribution < 1.29 is 9.90 Å². The van der Waals surface area contributed by atoms with E-state index in [1.165, 1.54) is 6.92 Å². The molecule has 76 valence electrons. The minimum Gasteiger partial charge on any atom is -0.388 e. The zero-order valence-electron chi connectivity index (χ0n) is 8.25. The Morgan fingerprint density at radius 1 is 1.57 bits per heavy atom. The highest BCUT2D eigenvalue weighted by Gasteiger charge is 2.15. The van der Waals surface area contributed by atoms with Gasteiger partial charge in [0.15, 0.2) is 0 Å². The van der Waals surface area contributed by atoms with Gasteiger partial charge < -0.3 is 5.11 Å². The molecule has 1 aromatic carbocycles. The molecular weight excluding hydrogens is 200 g/mol. The van der Waals surface area contributed by atoms with Crippen molar-refractivity contribution in [2.24, 2.45) is 0 Å². The minimum absolute atomic E-state index is 0.0446. The molecule has 0 aliphatic rings. The molecule has 0 fully saturated rings. The van der Waals surface area contributed by atoms with Gasteiger partial charge in [0.2, 0.25) is 0 Å². The first-order valence-electron chi connectivity index (χ1n) is 4.45. The first kappa shape index (κ1) is 11.2. The summed E-state index contributed by atoms with van der Waals surface area (Å²) in [7, 11) is 0. The molecular formula is C11H13ClO2. The number of Topliss-reactive ketones (excluding diaryl/α,β-unsaturated/α-hetero) is 1. The quantitative estimate of drug-likeness (QED) is 0.837. The maximum atomic E-state index is 10.8. The fourth-order valence-corrected chi connectivity index (χ4v) is 1.79. The molecule has 1 aromatic rings. The van der Waals surface area contributed by atoms with Gasteiger partial charge in [-0.25, -0.2) is 0 Å². The van der Waals surface area contributed by atoms with E-state index in [1.54, 1.807) is 6.07 Å². The molecule has 1 rings (SSSR count). The predicted molar refractivity (Wildman–Crippen MR) is 56.4 cm³/mol. The first-order valence-corrected chi connectivity index (χ1v) is 4.82. The lowest BCUT2D eigenvalue weighted by Gasteiger charge is -2.13. The molecule has 0 saturated carbocycles. The number of aryl methyl sites for hydroxylation is 1. The molecule has 1 N–H and O–H groups in total. The Labute approximate surface area is 88.5 Å². The Bertz CT molecular complexity index is 327. The van der Waals surface area contributed by atoms with E-state index in [0.717, 1.165) is 5.56 Å². The molecule has 0 spiro atoms. The number of halogens is 1. The molecule has 0 unspecified atom stereocenters. The van der Waals surface area contributed by atoms with E-state index in [2.05, 4.69) is 0 Å². The van der Waals surface area contributed by atoms with Crippen LogP contribution in [-0.4, -0.2) is 10.9 Å². The zero-order valence-corrected chi connectivity index (χ0v) is 9.01. The van der Waals surface area contributed by atoms with Crippen molar-refractivity contribution in [3.8, 4) is 0 Å². The van der Waals surface area contributed by atoms with Crippen molar-refractivity contribution in [2.45, 2.75) is 26.4 Å². The topological polar surface area (TPSA) is 37.3 Å². The summed E-state index contributed by atoms with van der Waals surface area (Å²) in [5, 5.41) is 10.3. The fraction of sp³-hybridized carbons (Fsp3) is 0.364. The number of ketones is 1. The molecule has 0 radical (unpaired) electrons. The molecule has 0 heterocycles. The van der Waals surface area contributed by atoms with Crippen molar-refractivity contribution in [2.75, 3.05) is 0 Å². The average molecular weight is 213 g/mol. The number of rotatable bonds is 3. The van der Waals surface area contributed by atoms with E-state index < -0.39 is 6.10 Å². The van der Waals surface area contributed by atoms with E-state index in [1.807, 2.05) is 19.1 Å². The second kappa shape index (κ2) is 4.58. The van der Waals surface area contributed by atoms with Crippen LogP contribution in [0.25, 0.3) is 0 Å². The smallest absolute Gasteiger partial charge is 0.132 e. The summed E-state index contributed by atoms with van der Waals surface area (Å²) in [6.07, 6.45) is -0.675. The molecule has 0 amide bonds. The summed E-state index contributed by atoms with van der Waals surface area (Å²) in [5.74, 6) is -0.0446. The van der Waals surface area contributed by atoms with Crippen molar-refractivity contribution in [3.63, 3.8) is 0 Å². The van der Waals surface area contributed by atoms with Crippen molar-refractivity contribution >= 4 is 17.4 Å². The molecule has 0 saturated heterocycles. The zero-order chi connectivity index (χ0) is 10.7. The summed E-state index contributed by atoms with van der Waals surface area (Å²) < 4.78 is 0. The molecule has 0 aliphatic carbocycles. The fourth-order valence-electron chi connectivity index (χ4n) is 1.44. The number of carbonyl (C=O) groups excluding carboxylic acids is 1. The van der Waals surface area contributed by atoms with Crippen LogP contribution in [0.15, 0.2) is 18.2 Å². The van der Waals surface area contributed by atoms with Gasteiger partial charge in [0.05, 0.1) is 6.10 Å². The largest absolute Gasteiger partial charge is 0.388 e. The lowest BCUT2D eigenvalue weighted by Crippen LogP contribution is -2.05. The summed E-state index contributed by atoms with van der Waals surface area (Å²) in [6.45, 7) is 3.32. The highest BCUT2D eigenvalue weighted by atomic mass is 35.5. The van der Waals surface area contributed by atoms with Gasteiger partial charge in [-0.1, -0.05) is 23.7 Å². The minimum atomic E-state index is -0.791. The van der Waals surface area contributed by atoms with Crippen LogP contribution in [0.5, 0.6) is 0 Å². The predicted octanol–water partition coefficient (Wildman–Crippen LogP) is 2.66. The Morgan fingerprint density at radius 2 is 2.21 bits per heavy atom. The lowest BCUT2D eigenvalue weighted by atomic mass is 10.00. The monoisotopic (exact) mass is 212 g/mol. The molecule has 2 nitrogen and oxygen atoms in total. The van der Waals surface area contributed by atoms with Crippen LogP contribution in [0.1, 0.15) is 30.6 Å². The lowest BCUT2D eigenvalue weighted by molar-refractivity contribution is -0.118. The van der Waals surface area contributed by atoms with Crippen LogP contribution in [0, 0.1) is 6.92 Å². The van der Waals surface area contributed by atoms with Crippen molar-refractivity contribution in [1.82, 2.24) is 0 Å². The third-order valence-corrected chi connectivity index (χ3v) is 2.41. The second-order valence-corrected chi connectivity index (χ2v) is 3.80. The number of aliphatic hydroxyl groups excluding tert-OH is 1. The van der Waals surface area contributed by atoms with Gasteiger partial charge in [-0.3, -0.25) is 4.79 Å². The number of hydrogen-bond donors (Lipinski definition) is 1. The van der Waals surface area contributed by atoms with Crippen LogP contribution in [0.2, 0.25) is 5.02 Å². The van der Waals surface area contributed by atoms with Crippen LogP contribution in [0.4, 0.5) is 0 Å². The Hall–Kier alpha value is -0.860. The van der Waals surface area contributed by atoms with E-state index in [4.69, 9.17) is 11.6 Å². The highest BCUT2D eigenvalue weighted by Crippen LogP contribution is 2.28. The number of carbonyl (C=O) groups is 1. The highest BCUT2D eigenvalue weighted by molar-refractivity contribution is 6.31. The molecule has 0 bridgehead atoms. The van der Waals surface area contributed by atoms with Gasteiger partial charge >= 0.3 is 0 Å². The summed E-state index contributed by atoms with van der Waals surface area (Å²) >= 11 is 5.94. The molecule has 14 heavy (non-hydrogen) atoms. The van der Waals surface area contributed by atoms with Gasteiger partial charge in [-0.15, -0.1) is 0 Å². The van der Waals surface area contributed by atoms with Crippen molar-refractivity contribution in [1.29, 1.82) is 0 Å². The molecule has 3 heteroatoms. The first-order chi connectivity index (χ1) is 6.52. The van der Waals surface area contributed by atoms with Gasteiger partial charge in [0.25, 0.3) is 0 Å². The maximum absolute atomic E-state index is 10.8. The van der Waals surface area contributed by atoms with E-state index in [9.17, 15) is 9.90 Å². The Morgan fingerprint density at radius 3 is 2.71 bits per heavy atom. The summed E-state index contributed by atoms with van der Waals surface area (Å²) in [4.78, 5) is 10.8. The SMILES string of the molecule is CC(=O)C[C@@H](O)c1c(C)cccc1Cl. The number of aliphatic hydroxyl groups is 1. The average Bonchev–Trinajstić information content (AvgIpc) is 2.01. The van der Waals surface area contributed by atoms with Crippen LogP contribution in [0.3, 0.4) is 0 Å². The van der Waals surface area contributed by atoms with E-state index >= 15 is 0 Å². The summed E-state index contributed by atoms with van der Waals surface area (Å²) in [5.41, 5.74) is 1.57. The Kier molecular flexibility index (Phi) is 3.67. The van der Waals surface area contributed by atoms with E-state index in [0.29, 0.717) is 10.6 Å². The molecule has 1 atom stereocenters. The van der Waals surface area contributed by atoms with Gasteiger partial charge in [0.1, 0.15) is 5.78 Å². The standard InChI is InChI=1S/C11H13ClO2/c1-7-4-3-5-9(12)11(7)10(14)6-8(2)13/h3-5,10,14H,6H2,1-2H3/t10-/m1/s1. The molecule has 0 aliphatic heterocycles. The van der Waals surface area contributed by atoms with Crippen LogP contribution >= 0.6 is 11.6 Å². The van der Waals surface area contributed by atoms with Crippen molar-refractivity contribution in [3.05, 3.63) is 34.3 Å². The maximum Gasteiger partial charge on any atom is 0.132 e. The van der Waals surface area contributed by atoms with E-state index in [-0.39, 0.29) is 12.2 Å². The second-order valence-electron chi connectivity index (χ2n) is 3.39. The van der Waals surface area contributed by atoms with Gasteiger partial charge in [-0.05, 0) is 25.5 Å². The summed E-state index contributed by atoms with van der Waals surface area (Å²) in [6, 6.07) is 5.40. The Balaban J connectivity index is 2.99. The number of hydrogen-bond acceptors (Lipinski definition) is 2. The van der Waals surface area contributed by atoms with Gasteiger partial charge in [0, 0.05) is 17.0 Å². The van der Waals surface area contributed by atoms with Crippen LogP contribution in [-0.2, 0) is 4.79 Å². The third kappa shape index (κ3) is 2.56. The third-order valence-electron chi connectivity index (χ3n) is 2.08. The molecule has 0 aromatic heterocycles. The normalized spacial score (nSPS) is 12.6. The number of benzene rings is 1.